The van der Waals surface area contributed by atoms with Crippen LogP contribution in [0.15, 0.2) is 77.0 Å². The van der Waals surface area contributed by atoms with Gasteiger partial charge in [-0.25, -0.2) is 4.98 Å². The molecular formula is C68H93N9O8S. The maximum atomic E-state index is 14.1. The Hall–Kier alpha value is -6.73. The first-order valence-corrected chi connectivity index (χ1v) is 32.3. The summed E-state index contributed by atoms with van der Waals surface area (Å²) in [4.78, 5) is 97.6. The number of thiazole rings is 1. The Bertz CT molecular complexity index is 3160. The molecule has 5 amide bonds. The molecule has 0 bridgehead atoms. The van der Waals surface area contributed by atoms with Crippen LogP contribution in [-0.2, 0) is 43.5 Å². The van der Waals surface area contributed by atoms with Crippen LogP contribution >= 0.6 is 11.3 Å². The van der Waals surface area contributed by atoms with E-state index in [9.17, 15) is 33.9 Å². The monoisotopic (exact) mass is 1200 g/mol. The number of carbonyl (C=O) groups excluding carboxylic acids is 5. The standard InChI is InChI=1S/C68H93N9O8S/c1-9-76(54-28-34-85-35-29-54)58-38-53(37-56(47(58)4)64(81)70-41-57-45(2)36-46(3)72-65(57)82)51-24-22-50(23-25-51)42-74-30-32-75(33-31-74)61(80)19-17-15-13-11-10-12-14-16-18-60(79)73-63(68(6,7)8)67(84)77-43-55(78)39-59(77)66(83)69-40-49-20-26-52(27-21-49)62-48(5)71-44-86-62/h20-27,36-38,44,54-55,59,63,78H,9-19,28-35,39-43H2,1-8H3,(H,69,83)(H,70,81)(H,72,82)(H,73,79)/t55-,59+,63?/m1/s1. The van der Waals surface area contributed by atoms with Crippen molar-refractivity contribution in [2.75, 3.05) is 57.4 Å². The number of nitrogens with one attached hydrogen (secondary N) is 4. The van der Waals surface area contributed by atoms with Crippen molar-refractivity contribution >= 4 is 46.6 Å². The van der Waals surface area contributed by atoms with E-state index in [1.807, 2.05) is 95.3 Å². The zero-order valence-corrected chi connectivity index (χ0v) is 53.0. The van der Waals surface area contributed by atoms with Crippen LogP contribution in [0.3, 0.4) is 0 Å². The SMILES string of the molecule is CCN(c1cc(-c2ccc(CN3CCN(C(=O)CCCCCCCCCCC(=O)NC(C(=O)N4C[C@H](O)C[C@H]4C(=O)NCc4ccc(-c5scnc5C)cc4)C(C)(C)C)CC3)cc2)cc(C(=O)NCc2c(C)cc(C)[nH]c2=O)c1C)C1CCOCC1. The molecule has 18 heteroatoms. The molecule has 3 saturated heterocycles. The van der Waals surface area contributed by atoms with E-state index in [-0.39, 0.29) is 61.2 Å². The number of ether oxygens (including phenoxy) is 1. The number of unbranched alkanes of at least 4 members (excludes halogenated alkanes) is 7. The van der Waals surface area contributed by atoms with Crippen molar-refractivity contribution in [2.45, 2.75) is 183 Å². The smallest absolute Gasteiger partial charge is 0.253 e. The summed E-state index contributed by atoms with van der Waals surface area (Å²) >= 11 is 1.58. The molecule has 17 nitrogen and oxygen atoms in total. The average molecular weight is 1200 g/mol. The predicted molar refractivity (Wildman–Crippen MR) is 341 cm³/mol. The van der Waals surface area contributed by atoms with E-state index in [0.717, 1.165) is 139 Å². The second-order valence-electron chi connectivity index (χ2n) is 25.0. The van der Waals surface area contributed by atoms with Gasteiger partial charge in [0.05, 0.1) is 22.2 Å². The normalized spacial score (nSPS) is 17.1. The van der Waals surface area contributed by atoms with Gasteiger partial charge in [-0.15, -0.1) is 11.3 Å². The van der Waals surface area contributed by atoms with E-state index in [1.54, 1.807) is 11.3 Å². The van der Waals surface area contributed by atoms with Crippen molar-refractivity contribution in [3.8, 4) is 21.6 Å². The minimum atomic E-state index is -0.858. The molecule has 0 saturated carbocycles. The molecule has 0 radical (unpaired) electrons. The lowest BCUT2D eigenvalue weighted by atomic mass is 9.85. The molecule has 3 fully saturated rings. The average Bonchev–Trinajstić information content (AvgIpc) is 2.25. The summed E-state index contributed by atoms with van der Waals surface area (Å²) in [7, 11) is 0. The number of amides is 5. The van der Waals surface area contributed by atoms with Crippen molar-refractivity contribution in [1.82, 2.24) is 40.6 Å². The Morgan fingerprint density at radius 1 is 0.791 bits per heavy atom. The second kappa shape index (κ2) is 30.8. The number of aliphatic hydroxyl groups excluding tert-OH is 1. The number of pyridine rings is 1. The van der Waals surface area contributed by atoms with Crippen molar-refractivity contribution < 1.29 is 33.8 Å². The molecular weight excluding hydrogens is 1100 g/mol. The van der Waals surface area contributed by atoms with Gasteiger partial charge in [-0.2, -0.15) is 0 Å². The van der Waals surface area contributed by atoms with Crippen LogP contribution in [0.2, 0.25) is 0 Å². The fourth-order valence-corrected chi connectivity index (χ4v) is 13.2. The van der Waals surface area contributed by atoms with Gasteiger partial charge in [-0.05, 0) is 123 Å². The number of aromatic nitrogens is 2. The van der Waals surface area contributed by atoms with Crippen LogP contribution in [0.1, 0.15) is 161 Å². The number of aliphatic hydroxyl groups is 1. The fraction of sp³-hybridized carbons (Fsp3) is 0.544. The molecule has 5 heterocycles. The Morgan fingerprint density at radius 2 is 1.43 bits per heavy atom. The summed E-state index contributed by atoms with van der Waals surface area (Å²) in [6.07, 6.45) is 9.69. The minimum absolute atomic E-state index is 0.0284. The van der Waals surface area contributed by atoms with Gasteiger partial charge in [-0.3, -0.25) is 33.7 Å². The van der Waals surface area contributed by atoms with Crippen molar-refractivity contribution in [1.29, 1.82) is 0 Å². The summed E-state index contributed by atoms with van der Waals surface area (Å²) in [5, 5.41) is 19.7. The molecule has 3 aliphatic rings. The van der Waals surface area contributed by atoms with Gasteiger partial charge in [0.1, 0.15) is 12.1 Å². The summed E-state index contributed by atoms with van der Waals surface area (Å²) < 4.78 is 5.72. The number of aryl methyl sites for hydroxylation is 3. The number of likely N-dealkylation sites (tertiary alicyclic amines) is 1. The zero-order chi connectivity index (χ0) is 61.5. The Kier molecular flexibility index (Phi) is 23.3. The van der Waals surface area contributed by atoms with Crippen LogP contribution in [0.4, 0.5) is 5.69 Å². The maximum absolute atomic E-state index is 14.1. The van der Waals surface area contributed by atoms with E-state index in [2.05, 4.69) is 73.0 Å². The number of carbonyl (C=O) groups is 5. The molecule has 0 aliphatic carbocycles. The number of hydrogen-bond donors (Lipinski definition) is 5. The van der Waals surface area contributed by atoms with E-state index >= 15 is 0 Å². The number of aromatic amines is 1. The van der Waals surface area contributed by atoms with E-state index < -0.39 is 23.6 Å². The zero-order valence-electron chi connectivity index (χ0n) is 52.2. The third kappa shape index (κ3) is 17.5. The number of H-pyrrole nitrogens is 1. The van der Waals surface area contributed by atoms with Gasteiger partial charge in [0.25, 0.3) is 11.5 Å². The molecule has 5 aromatic rings. The number of rotatable bonds is 26. The van der Waals surface area contributed by atoms with Crippen LogP contribution in [0.25, 0.3) is 21.6 Å². The number of nitrogens with zero attached hydrogens (tertiary/aromatic N) is 5. The summed E-state index contributed by atoms with van der Waals surface area (Å²) in [5.41, 5.74) is 11.8. The highest BCUT2D eigenvalue weighted by atomic mass is 32.1. The third-order valence-corrected chi connectivity index (χ3v) is 18.5. The Labute approximate surface area is 513 Å². The largest absolute Gasteiger partial charge is 0.391 e. The molecule has 1 unspecified atom stereocenters. The van der Waals surface area contributed by atoms with Crippen molar-refractivity contribution in [2.24, 2.45) is 5.41 Å². The van der Waals surface area contributed by atoms with Crippen molar-refractivity contribution in [3.05, 3.63) is 127 Å². The number of hydrogen-bond acceptors (Lipinski definition) is 12. The van der Waals surface area contributed by atoms with Gasteiger partial charge < -0.3 is 45.5 Å². The number of benzene rings is 3. The molecule has 3 atom stereocenters. The van der Waals surface area contributed by atoms with Gasteiger partial charge in [0, 0.05) is 120 Å². The molecule has 8 rings (SSSR count). The van der Waals surface area contributed by atoms with Crippen molar-refractivity contribution in [3.63, 3.8) is 0 Å². The highest BCUT2D eigenvalue weighted by Crippen LogP contribution is 2.35. The number of piperazine rings is 1. The molecule has 5 N–H and O–H groups in total. The first-order chi connectivity index (χ1) is 41.3. The minimum Gasteiger partial charge on any atom is -0.391 e. The third-order valence-electron chi connectivity index (χ3n) is 17.5. The van der Waals surface area contributed by atoms with Crippen LogP contribution in [-0.4, -0.2) is 136 Å². The highest BCUT2D eigenvalue weighted by Gasteiger charge is 2.44. The predicted octanol–water partition coefficient (Wildman–Crippen LogP) is 9.69. The lowest BCUT2D eigenvalue weighted by molar-refractivity contribution is -0.144. The highest BCUT2D eigenvalue weighted by molar-refractivity contribution is 7.13. The Morgan fingerprint density at radius 3 is 2.06 bits per heavy atom. The maximum Gasteiger partial charge on any atom is 0.253 e. The van der Waals surface area contributed by atoms with Gasteiger partial charge in [-0.1, -0.05) is 108 Å². The van der Waals surface area contributed by atoms with Gasteiger partial charge in [0.15, 0.2) is 0 Å². The quantitative estimate of drug-likeness (QED) is 0.0329. The molecule has 2 aromatic heterocycles. The molecule has 3 aromatic carbocycles. The summed E-state index contributed by atoms with van der Waals surface area (Å²) in [6.45, 7) is 22.1. The first kappa shape index (κ1) is 65.2. The van der Waals surface area contributed by atoms with E-state index in [1.165, 1.54) is 10.5 Å². The van der Waals surface area contributed by atoms with Gasteiger partial charge in [0.2, 0.25) is 23.6 Å². The van der Waals surface area contributed by atoms with E-state index in [0.29, 0.717) is 62.7 Å². The molecule has 0 spiro atoms. The van der Waals surface area contributed by atoms with Gasteiger partial charge >= 0.3 is 0 Å². The molecule has 86 heavy (non-hydrogen) atoms. The number of anilines is 1. The van der Waals surface area contributed by atoms with Crippen LogP contribution in [0, 0.1) is 33.1 Å². The molecule has 3 aliphatic heterocycles. The second-order valence-corrected chi connectivity index (χ2v) is 25.9. The lowest BCUT2D eigenvalue weighted by Gasteiger charge is -2.37. The molecule has 464 valence electrons. The van der Waals surface area contributed by atoms with E-state index in [4.69, 9.17) is 4.74 Å². The number of β-amino-alcohol motifs (C(OH)–C–C–N with tert-alkyl or cyclic N) is 1. The first-order valence-electron chi connectivity index (χ1n) is 31.4. The Balaban J connectivity index is 0.715. The topological polar surface area (TPSA) is 210 Å². The van der Waals surface area contributed by atoms with Crippen LogP contribution < -0.4 is 26.4 Å². The fourth-order valence-electron chi connectivity index (χ4n) is 12.4. The summed E-state index contributed by atoms with van der Waals surface area (Å²) in [6, 6.07) is 21.3. The van der Waals surface area contributed by atoms with Crippen LogP contribution in [0.5, 0.6) is 0 Å². The lowest BCUT2D eigenvalue weighted by Crippen LogP contribution is -2.57. The summed E-state index contributed by atoms with van der Waals surface area (Å²) in [5.74, 6) is -0.883.